The van der Waals surface area contributed by atoms with Crippen LogP contribution in [-0.4, -0.2) is 36.8 Å². The molecule has 0 amide bonds. The van der Waals surface area contributed by atoms with E-state index in [9.17, 15) is 4.79 Å². The summed E-state index contributed by atoms with van der Waals surface area (Å²) in [6.07, 6.45) is 4.31. The van der Waals surface area contributed by atoms with Crippen molar-refractivity contribution in [2.45, 2.75) is 6.92 Å². The summed E-state index contributed by atoms with van der Waals surface area (Å²) in [5.74, 6) is -0.0947. The lowest BCUT2D eigenvalue weighted by Gasteiger charge is -2.04. The van der Waals surface area contributed by atoms with Gasteiger partial charge in [0.2, 0.25) is 5.88 Å². The molecular formula is C11H14N2O4. The van der Waals surface area contributed by atoms with Crippen molar-refractivity contribution < 1.29 is 19.0 Å². The van der Waals surface area contributed by atoms with E-state index in [1.807, 2.05) is 0 Å². The van der Waals surface area contributed by atoms with Gasteiger partial charge in [0.25, 0.3) is 0 Å². The minimum absolute atomic E-state index is 0.204. The molecule has 0 aliphatic heterocycles. The summed E-state index contributed by atoms with van der Waals surface area (Å²) >= 11 is 0. The number of carbonyl (C=O) groups excluding carboxylic acids is 1. The van der Waals surface area contributed by atoms with Crippen LogP contribution in [0, 0.1) is 0 Å². The Labute approximate surface area is 99.2 Å². The molecule has 1 heterocycles. The summed E-state index contributed by atoms with van der Waals surface area (Å²) in [7, 11) is 2.94. The third-order valence-corrected chi connectivity index (χ3v) is 1.82. The molecule has 6 heteroatoms. The average molecular weight is 238 g/mol. The Morgan fingerprint density at radius 2 is 2.18 bits per heavy atom. The van der Waals surface area contributed by atoms with Gasteiger partial charge < -0.3 is 14.2 Å². The van der Waals surface area contributed by atoms with Crippen LogP contribution in [-0.2, 0) is 9.53 Å². The topological polar surface area (TPSA) is 70.5 Å². The van der Waals surface area contributed by atoms with Gasteiger partial charge in [-0.3, -0.25) is 0 Å². The summed E-state index contributed by atoms with van der Waals surface area (Å²) in [4.78, 5) is 19.0. The molecule has 0 fully saturated rings. The molecule has 0 aliphatic rings. The highest BCUT2D eigenvalue weighted by atomic mass is 16.5. The molecule has 1 aromatic heterocycles. The van der Waals surface area contributed by atoms with Crippen LogP contribution >= 0.6 is 0 Å². The molecule has 0 radical (unpaired) electrons. The lowest BCUT2D eigenvalue weighted by Crippen LogP contribution is -2.00. The number of ether oxygens (including phenoxy) is 3. The van der Waals surface area contributed by atoms with E-state index in [1.165, 1.54) is 32.6 Å². The SMILES string of the molecule is CCOC(=O)C=Cc1cnc(OC)nc1OC. The van der Waals surface area contributed by atoms with E-state index >= 15 is 0 Å². The van der Waals surface area contributed by atoms with Gasteiger partial charge in [0, 0.05) is 12.3 Å². The number of hydrogen-bond donors (Lipinski definition) is 0. The first-order valence-corrected chi connectivity index (χ1v) is 5.01. The fourth-order valence-corrected chi connectivity index (χ4v) is 1.08. The predicted octanol–water partition coefficient (Wildman–Crippen LogP) is 1.07. The Kier molecular flexibility index (Phi) is 4.93. The fraction of sp³-hybridized carbons (Fsp3) is 0.364. The van der Waals surface area contributed by atoms with Crippen molar-refractivity contribution in [3.8, 4) is 11.9 Å². The fourth-order valence-electron chi connectivity index (χ4n) is 1.08. The van der Waals surface area contributed by atoms with Crippen molar-refractivity contribution in [3.63, 3.8) is 0 Å². The van der Waals surface area contributed by atoms with Crippen LogP contribution in [0.1, 0.15) is 12.5 Å². The van der Waals surface area contributed by atoms with Crippen molar-refractivity contribution in [2.75, 3.05) is 20.8 Å². The maximum absolute atomic E-state index is 11.1. The first-order chi connectivity index (χ1) is 8.21. The molecular weight excluding hydrogens is 224 g/mol. The lowest BCUT2D eigenvalue weighted by atomic mass is 10.3. The second-order valence-electron chi connectivity index (χ2n) is 2.91. The number of carbonyl (C=O) groups is 1. The predicted molar refractivity (Wildman–Crippen MR) is 60.8 cm³/mol. The zero-order valence-corrected chi connectivity index (χ0v) is 9.97. The van der Waals surface area contributed by atoms with E-state index in [4.69, 9.17) is 14.2 Å². The van der Waals surface area contributed by atoms with Crippen LogP contribution in [0.5, 0.6) is 11.9 Å². The molecule has 1 rings (SSSR count). The number of esters is 1. The second kappa shape index (κ2) is 6.47. The van der Waals surface area contributed by atoms with Crippen molar-refractivity contribution in [2.24, 2.45) is 0 Å². The quantitative estimate of drug-likeness (QED) is 0.564. The van der Waals surface area contributed by atoms with Crippen LogP contribution < -0.4 is 9.47 Å². The summed E-state index contributed by atoms with van der Waals surface area (Å²) in [6, 6.07) is 0.204. The highest BCUT2D eigenvalue weighted by Crippen LogP contribution is 2.18. The van der Waals surface area contributed by atoms with E-state index in [0.29, 0.717) is 18.1 Å². The van der Waals surface area contributed by atoms with Crippen LogP contribution in [0.15, 0.2) is 12.3 Å². The highest BCUT2D eigenvalue weighted by molar-refractivity contribution is 5.87. The van der Waals surface area contributed by atoms with Gasteiger partial charge in [-0.1, -0.05) is 0 Å². The third-order valence-electron chi connectivity index (χ3n) is 1.82. The summed E-state index contributed by atoms with van der Waals surface area (Å²) in [6.45, 7) is 2.07. The van der Waals surface area contributed by atoms with Crippen molar-refractivity contribution in [3.05, 3.63) is 17.8 Å². The molecule has 0 N–H and O–H groups in total. The molecule has 0 atom stereocenters. The Bertz CT molecular complexity index is 418. The van der Waals surface area contributed by atoms with Crippen molar-refractivity contribution in [1.82, 2.24) is 9.97 Å². The smallest absolute Gasteiger partial charge is 0.330 e. The average Bonchev–Trinajstić information content (AvgIpc) is 2.36. The monoisotopic (exact) mass is 238 g/mol. The molecule has 0 aliphatic carbocycles. The van der Waals surface area contributed by atoms with Gasteiger partial charge >= 0.3 is 12.0 Å². The molecule has 0 unspecified atom stereocenters. The van der Waals surface area contributed by atoms with Crippen molar-refractivity contribution >= 4 is 12.0 Å². The maximum Gasteiger partial charge on any atom is 0.330 e. The number of rotatable bonds is 5. The lowest BCUT2D eigenvalue weighted by molar-refractivity contribution is -0.137. The standard InChI is InChI=1S/C11H14N2O4/c1-4-17-9(14)6-5-8-7-12-11(16-3)13-10(8)15-2/h5-7H,4H2,1-3H3. The Balaban J connectivity index is 2.87. The second-order valence-corrected chi connectivity index (χ2v) is 2.91. The molecule has 0 saturated heterocycles. The first kappa shape index (κ1) is 13.0. The van der Waals surface area contributed by atoms with Gasteiger partial charge in [0.05, 0.1) is 26.4 Å². The summed E-state index contributed by atoms with van der Waals surface area (Å²) in [5, 5.41) is 0. The van der Waals surface area contributed by atoms with Gasteiger partial charge in [-0.05, 0) is 13.0 Å². The van der Waals surface area contributed by atoms with Crippen LogP contribution in [0.4, 0.5) is 0 Å². The van der Waals surface area contributed by atoms with Crippen LogP contribution in [0.3, 0.4) is 0 Å². The largest absolute Gasteiger partial charge is 0.480 e. The minimum Gasteiger partial charge on any atom is -0.480 e. The molecule has 92 valence electrons. The maximum atomic E-state index is 11.1. The van der Waals surface area contributed by atoms with E-state index in [2.05, 4.69) is 9.97 Å². The number of aromatic nitrogens is 2. The third kappa shape index (κ3) is 3.75. The number of nitrogens with zero attached hydrogens (tertiary/aromatic N) is 2. The Morgan fingerprint density at radius 1 is 1.41 bits per heavy atom. The zero-order valence-electron chi connectivity index (χ0n) is 9.97. The molecule has 17 heavy (non-hydrogen) atoms. The molecule has 6 nitrogen and oxygen atoms in total. The van der Waals surface area contributed by atoms with Crippen LogP contribution in [0.25, 0.3) is 6.08 Å². The highest BCUT2D eigenvalue weighted by Gasteiger charge is 2.05. The van der Waals surface area contributed by atoms with Gasteiger partial charge in [-0.25, -0.2) is 9.78 Å². The summed E-state index contributed by atoms with van der Waals surface area (Å²) < 4.78 is 14.7. The van der Waals surface area contributed by atoms with E-state index in [0.717, 1.165) is 0 Å². The molecule has 0 aromatic carbocycles. The minimum atomic E-state index is -0.426. The van der Waals surface area contributed by atoms with E-state index in [-0.39, 0.29) is 6.01 Å². The first-order valence-electron chi connectivity index (χ1n) is 5.01. The summed E-state index contributed by atoms with van der Waals surface area (Å²) in [5.41, 5.74) is 0.571. The number of methoxy groups -OCH3 is 2. The van der Waals surface area contributed by atoms with Gasteiger partial charge in [-0.15, -0.1) is 0 Å². The van der Waals surface area contributed by atoms with E-state index < -0.39 is 5.97 Å². The molecule has 1 aromatic rings. The normalized spacial score (nSPS) is 10.3. The van der Waals surface area contributed by atoms with E-state index in [1.54, 1.807) is 6.92 Å². The Morgan fingerprint density at radius 3 is 2.76 bits per heavy atom. The van der Waals surface area contributed by atoms with Crippen molar-refractivity contribution in [1.29, 1.82) is 0 Å². The molecule has 0 saturated carbocycles. The number of hydrogen-bond acceptors (Lipinski definition) is 6. The Hall–Kier alpha value is -2.11. The zero-order chi connectivity index (χ0) is 12.7. The molecule has 0 bridgehead atoms. The van der Waals surface area contributed by atoms with Crippen LogP contribution in [0.2, 0.25) is 0 Å². The molecule has 0 spiro atoms. The van der Waals surface area contributed by atoms with Gasteiger partial charge in [0.15, 0.2) is 0 Å². The van der Waals surface area contributed by atoms with Gasteiger partial charge in [-0.2, -0.15) is 4.98 Å². The van der Waals surface area contributed by atoms with Gasteiger partial charge in [0.1, 0.15) is 0 Å².